The maximum Gasteiger partial charge on any atom is 0.214 e. The fourth-order valence-electron chi connectivity index (χ4n) is 3.63. The van der Waals surface area contributed by atoms with Gasteiger partial charge in [-0.05, 0) is 36.3 Å². The van der Waals surface area contributed by atoms with Crippen LogP contribution in [0, 0.1) is 5.92 Å². The van der Waals surface area contributed by atoms with Gasteiger partial charge in [0.25, 0.3) is 0 Å². The molecule has 1 aromatic carbocycles. The normalized spacial score (nSPS) is 18.8. The number of benzene rings is 1. The molecule has 0 radical (unpaired) electrons. The van der Waals surface area contributed by atoms with Gasteiger partial charge < -0.3 is 4.42 Å². The Kier molecular flexibility index (Phi) is 3.73. The van der Waals surface area contributed by atoms with Gasteiger partial charge in [0.2, 0.25) is 10.0 Å². The lowest BCUT2D eigenvalue weighted by atomic mass is 10.0. The Morgan fingerprint density at radius 3 is 2.70 bits per heavy atom. The molecule has 0 atom stereocenters. The zero-order chi connectivity index (χ0) is 15.9. The summed E-state index contributed by atoms with van der Waals surface area (Å²) >= 11 is 0. The molecule has 23 heavy (non-hydrogen) atoms. The van der Waals surface area contributed by atoms with Crippen LogP contribution in [0.3, 0.4) is 0 Å². The number of rotatable bonds is 4. The van der Waals surface area contributed by atoms with E-state index in [1.54, 1.807) is 4.31 Å². The van der Waals surface area contributed by atoms with Crippen molar-refractivity contribution in [1.29, 1.82) is 0 Å². The number of nitrogens with zero attached hydrogens (tertiary/aromatic N) is 2. The Hall–Kier alpha value is -1.66. The van der Waals surface area contributed by atoms with E-state index in [0.29, 0.717) is 25.4 Å². The molecule has 0 saturated heterocycles. The molecular formula is C17H20N2O3S. The highest BCUT2D eigenvalue weighted by Crippen LogP contribution is 2.29. The third kappa shape index (κ3) is 2.93. The molecule has 1 aliphatic heterocycles. The first kappa shape index (κ1) is 14.9. The lowest BCUT2D eigenvalue weighted by Gasteiger charge is -2.25. The fraction of sp³-hybridized carbons (Fsp3) is 0.471. The third-order valence-corrected chi connectivity index (χ3v) is 6.80. The standard InChI is InChI=1S/C17H20N2O3S/c20-23(21,19-7-5-17-16(11-19)18-12-22-17)8-6-13-9-14-3-1-2-4-15(14)10-13/h1-4,12-13H,5-11H2. The molecule has 0 bridgehead atoms. The van der Waals surface area contributed by atoms with Gasteiger partial charge >= 0.3 is 0 Å². The number of hydrogen-bond donors (Lipinski definition) is 0. The van der Waals surface area contributed by atoms with Crippen LogP contribution in [0.25, 0.3) is 0 Å². The molecule has 5 nitrogen and oxygen atoms in total. The lowest BCUT2D eigenvalue weighted by molar-refractivity contribution is 0.359. The summed E-state index contributed by atoms with van der Waals surface area (Å²) in [6, 6.07) is 8.42. The summed E-state index contributed by atoms with van der Waals surface area (Å²) in [5.41, 5.74) is 3.51. The Balaban J connectivity index is 1.38. The Bertz CT molecular complexity index is 788. The molecule has 2 aromatic rings. The van der Waals surface area contributed by atoms with Crippen molar-refractivity contribution >= 4 is 10.0 Å². The van der Waals surface area contributed by atoms with Crippen molar-refractivity contribution in [1.82, 2.24) is 9.29 Å². The molecule has 2 heterocycles. The average molecular weight is 332 g/mol. The molecule has 0 saturated carbocycles. The van der Waals surface area contributed by atoms with Crippen LogP contribution in [0.5, 0.6) is 0 Å². The first-order chi connectivity index (χ1) is 11.1. The maximum absolute atomic E-state index is 12.6. The Labute approximate surface area is 136 Å². The summed E-state index contributed by atoms with van der Waals surface area (Å²) in [4.78, 5) is 4.11. The smallest absolute Gasteiger partial charge is 0.214 e. The molecule has 1 aromatic heterocycles. The molecule has 6 heteroatoms. The minimum absolute atomic E-state index is 0.221. The van der Waals surface area contributed by atoms with Crippen molar-refractivity contribution in [2.45, 2.75) is 32.2 Å². The van der Waals surface area contributed by atoms with Crippen LogP contribution in [0.1, 0.15) is 29.0 Å². The van der Waals surface area contributed by atoms with Gasteiger partial charge in [-0.1, -0.05) is 24.3 Å². The van der Waals surface area contributed by atoms with Crippen LogP contribution in [0.15, 0.2) is 35.1 Å². The zero-order valence-electron chi connectivity index (χ0n) is 12.9. The van der Waals surface area contributed by atoms with Crippen LogP contribution >= 0.6 is 0 Å². The summed E-state index contributed by atoms with van der Waals surface area (Å²) < 4.78 is 32.0. The Morgan fingerprint density at radius 2 is 1.96 bits per heavy atom. The molecule has 2 aliphatic rings. The minimum atomic E-state index is -3.23. The highest BCUT2D eigenvalue weighted by molar-refractivity contribution is 7.89. The second-order valence-electron chi connectivity index (χ2n) is 6.45. The highest BCUT2D eigenvalue weighted by atomic mass is 32.2. The van der Waals surface area contributed by atoms with Crippen LogP contribution in [-0.2, 0) is 35.8 Å². The average Bonchev–Trinajstić information content (AvgIpc) is 3.18. The predicted octanol–water partition coefficient (Wildman–Crippen LogP) is 2.17. The molecule has 0 spiro atoms. The van der Waals surface area contributed by atoms with Crippen LogP contribution < -0.4 is 0 Å². The van der Waals surface area contributed by atoms with E-state index in [0.717, 1.165) is 30.7 Å². The van der Waals surface area contributed by atoms with Gasteiger partial charge in [0, 0.05) is 13.0 Å². The van der Waals surface area contributed by atoms with Gasteiger partial charge in [0.15, 0.2) is 6.39 Å². The topological polar surface area (TPSA) is 63.4 Å². The number of hydrogen-bond acceptors (Lipinski definition) is 4. The van der Waals surface area contributed by atoms with E-state index in [2.05, 4.69) is 29.2 Å². The molecule has 0 unspecified atom stereocenters. The number of aromatic nitrogens is 1. The van der Waals surface area contributed by atoms with E-state index in [4.69, 9.17) is 4.42 Å². The number of fused-ring (bicyclic) bond motifs is 2. The summed E-state index contributed by atoms with van der Waals surface area (Å²) in [5.74, 6) is 1.48. The van der Waals surface area contributed by atoms with Gasteiger partial charge in [-0.25, -0.2) is 13.4 Å². The van der Waals surface area contributed by atoms with Crippen LogP contribution in [-0.4, -0.2) is 30.0 Å². The van der Waals surface area contributed by atoms with Gasteiger partial charge in [-0.3, -0.25) is 0 Å². The lowest BCUT2D eigenvalue weighted by Crippen LogP contribution is -2.37. The monoisotopic (exact) mass is 332 g/mol. The van der Waals surface area contributed by atoms with Crippen molar-refractivity contribution in [3.05, 3.63) is 53.2 Å². The molecule has 0 amide bonds. The zero-order valence-corrected chi connectivity index (χ0v) is 13.8. The van der Waals surface area contributed by atoms with Crippen molar-refractivity contribution in [2.24, 2.45) is 5.92 Å². The summed E-state index contributed by atoms with van der Waals surface area (Å²) in [5, 5.41) is 0. The summed E-state index contributed by atoms with van der Waals surface area (Å²) in [6.07, 6.45) is 4.73. The highest BCUT2D eigenvalue weighted by Gasteiger charge is 2.30. The van der Waals surface area contributed by atoms with Crippen molar-refractivity contribution in [3.8, 4) is 0 Å². The van der Waals surface area contributed by atoms with Gasteiger partial charge in [0.05, 0.1) is 18.0 Å². The largest absolute Gasteiger partial charge is 0.448 e. The van der Waals surface area contributed by atoms with Gasteiger partial charge in [0.1, 0.15) is 5.76 Å². The molecule has 1 aliphatic carbocycles. The number of sulfonamides is 1. The van der Waals surface area contributed by atoms with E-state index in [1.807, 2.05) is 0 Å². The van der Waals surface area contributed by atoms with Crippen LogP contribution in [0.4, 0.5) is 0 Å². The van der Waals surface area contributed by atoms with Crippen LogP contribution in [0.2, 0.25) is 0 Å². The maximum atomic E-state index is 12.6. The van der Waals surface area contributed by atoms with E-state index < -0.39 is 10.0 Å². The van der Waals surface area contributed by atoms with E-state index in [1.165, 1.54) is 17.5 Å². The van der Waals surface area contributed by atoms with Gasteiger partial charge in [-0.2, -0.15) is 4.31 Å². The molecule has 122 valence electrons. The first-order valence-corrected chi connectivity index (χ1v) is 9.68. The number of oxazole rings is 1. The van der Waals surface area contributed by atoms with Crippen molar-refractivity contribution < 1.29 is 12.8 Å². The first-order valence-electron chi connectivity index (χ1n) is 8.07. The molecular weight excluding hydrogens is 312 g/mol. The van der Waals surface area contributed by atoms with E-state index >= 15 is 0 Å². The van der Waals surface area contributed by atoms with E-state index in [9.17, 15) is 8.42 Å². The SMILES string of the molecule is O=S(=O)(CCC1Cc2ccccc2C1)N1CCc2ocnc2C1. The minimum Gasteiger partial charge on any atom is -0.448 e. The van der Waals surface area contributed by atoms with Crippen molar-refractivity contribution in [2.75, 3.05) is 12.3 Å². The molecule has 4 rings (SSSR count). The van der Waals surface area contributed by atoms with Crippen molar-refractivity contribution in [3.63, 3.8) is 0 Å². The molecule has 0 N–H and O–H groups in total. The summed E-state index contributed by atoms with van der Waals surface area (Å²) in [6.45, 7) is 0.842. The fourth-order valence-corrected chi connectivity index (χ4v) is 5.21. The van der Waals surface area contributed by atoms with E-state index in [-0.39, 0.29) is 5.75 Å². The second-order valence-corrected chi connectivity index (χ2v) is 8.54. The Morgan fingerprint density at radius 1 is 1.22 bits per heavy atom. The quantitative estimate of drug-likeness (QED) is 0.861. The van der Waals surface area contributed by atoms with Gasteiger partial charge in [-0.15, -0.1) is 0 Å². The second kappa shape index (κ2) is 5.76. The molecule has 0 fully saturated rings. The predicted molar refractivity (Wildman–Crippen MR) is 86.4 cm³/mol. The third-order valence-electron chi connectivity index (χ3n) is 4.95. The summed E-state index contributed by atoms with van der Waals surface area (Å²) in [7, 11) is -3.23.